The van der Waals surface area contributed by atoms with Gasteiger partial charge in [-0.1, -0.05) is 26.0 Å². The van der Waals surface area contributed by atoms with Crippen LogP contribution in [0.3, 0.4) is 0 Å². The van der Waals surface area contributed by atoms with Gasteiger partial charge in [-0.25, -0.2) is 0 Å². The highest BCUT2D eigenvalue weighted by Gasteiger charge is 2.40. The first-order valence-corrected chi connectivity index (χ1v) is 6.90. The maximum absolute atomic E-state index is 9.22. The van der Waals surface area contributed by atoms with E-state index in [1.165, 1.54) is 5.56 Å². The molecule has 1 aromatic rings. The molecule has 1 unspecified atom stereocenters. The number of anilines is 1. The first kappa shape index (κ1) is 13.9. The summed E-state index contributed by atoms with van der Waals surface area (Å²) in [4.78, 5) is 2.14. The van der Waals surface area contributed by atoms with Gasteiger partial charge < -0.3 is 9.64 Å². The highest BCUT2D eigenvalue weighted by Crippen LogP contribution is 2.29. The molecule has 1 heterocycles. The minimum absolute atomic E-state index is 0.315. The molecule has 1 saturated heterocycles. The SMILES string of the molecule is CCC(C)c1ccc(N(C)CC2(C#N)COC2)cc1. The molecule has 1 aromatic carbocycles. The van der Waals surface area contributed by atoms with Gasteiger partial charge in [0, 0.05) is 19.3 Å². The van der Waals surface area contributed by atoms with Gasteiger partial charge in [-0.15, -0.1) is 0 Å². The normalized spacial score (nSPS) is 18.2. The minimum atomic E-state index is -0.315. The second-order valence-electron chi connectivity index (χ2n) is 5.64. The third-order valence-electron chi connectivity index (χ3n) is 4.05. The molecular weight excluding hydrogens is 236 g/mol. The predicted molar refractivity (Wildman–Crippen MR) is 77.3 cm³/mol. The van der Waals surface area contributed by atoms with Crippen LogP contribution in [0.5, 0.6) is 0 Å². The van der Waals surface area contributed by atoms with Crippen LogP contribution in [0.15, 0.2) is 24.3 Å². The van der Waals surface area contributed by atoms with Crippen molar-refractivity contribution in [2.75, 3.05) is 31.7 Å². The van der Waals surface area contributed by atoms with Crippen molar-refractivity contribution in [2.24, 2.45) is 5.41 Å². The number of rotatable bonds is 5. The molecule has 0 bridgehead atoms. The second-order valence-corrected chi connectivity index (χ2v) is 5.64. The molecule has 3 heteroatoms. The van der Waals surface area contributed by atoms with Crippen LogP contribution in [-0.2, 0) is 4.74 Å². The number of nitrogens with zero attached hydrogens (tertiary/aromatic N) is 2. The summed E-state index contributed by atoms with van der Waals surface area (Å²) in [5.41, 5.74) is 2.22. The summed E-state index contributed by atoms with van der Waals surface area (Å²) in [7, 11) is 2.04. The van der Waals surface area contributed by atoms with Crippen LogP contribution in [0.25, 0.3) is 0 Å². The topological polar surface area (TPSA) is 36.3 Å². The highest BCUT2D eigenvalue weighted by atomic mass is 16.5. The van der Waals surface area contributed by atoms with E-state index in [9.17, 15) is 5.26 Å². The van der Waals surface area contributed by atoms with Gasteiger partial charge in [0.05, 0.1) is 19.3 Å². The third-order valence-corrected chi connectivity index (χ3v) is 4.05. The fourth-order valence-electron chi connectivity index (χ4n) is 2.38. The van der Waals surface area contributed by atoms with E-state index in [1.807, 2.05) is 7.05 Å². The van der Waals surface area contributed by atoms with Crippen LogP contribution in [0.4, 0.5) is 5.69 Å². The summed E-state index contributed by atoms with van der Waals surface area (Å²) in [5, 5.41) is 9.22. The summed E-state index contributed by atoms with van der Waals surface area (Å²) >= 11 is 0. The van der Waals surface area contributed by atoms with Crippen molar-refractivity contribution < 1.29 is 4.74 Å². The van der Waals surface area contributed by atoms with Crippen LogP contribution >= 0.6 is 0 Å². The zero-order valence-electron chi connectivity index (χ0n) is 12.0. The van der Waals surface area contributed by atoms with Crippen molar-refractivity contribution in [3.63, 3.8) is 0 Å². The lowest BCUT2D eigenvalue weighted by molar-refractivity contribution is -0.0716. The van der Waals surface area contributed by atoms with Gasteiger partial charge in [0.25, 0.3) is 0 Å². The van der Waals surface area contributed by atoms with Crippen LogP contribution in [-0.4, -0.2) is 26.8 Å². The maximum atomic E-state index is 9.22. The quantitative estimate of drug-likeness (QED) is 0.814. The van der Waals surface area contributed by atoms with Crippen molar-refractivity contribution >= 4 is 5.69 Å². The Bertz CT molecular complexity index is 457. The first-order chi connectivity index (χ1) is 9.10. The average molecular weight is 258 g/mol. The Kier molecular flexibility index (Phi) is 4.11. The summed E-state index contributed by atoms with van der Waals surface area (Å²) < 4.78 is 5.18. The Labute approximate surface area is 115 Å². The van der Waals surface area contributed by atoms with Crippen LogP contribution in [0.2, 0.25) is 0 Å². The Morgan fingerprint density at radius 1 is 1.37 bits per heavy atom. The van der Waals surface area contributed by atoms with Gasteiger partial charge in [0.1, 0.15) is 5.41 Å². The zero-order chi connectivity index (χ0) is 13.9. The van der Waals surface area contributed by atoms with Gasteiger partial charge in [-0.3, -0.25) is 0 Å². The zero-order valence-corrected chi connectivity index (χ0v) is 12.0. The first-order valence-electron chi connectivity index (χ1n) is 6.90. The number of nitriles is 1. The van der Waals surface area contributed by atoms with Gasteiger partial charge in [-0.05, 0) is 30.0 Å². The van der Waals surface area contributed by atoms with E-state index < -0.39 is 0 Å². The smallest absolute Gasteiger partial charge is 0.121 e. The van der Waals surface area contributed by atoms with Crippen molar-refractivity contribution in [3.05, 3.63) is 29.8 Å². The molecule has 102 valence electrons. The van der Waals surface area contributed by atoms with E-state index in [0.29, 0.717) is 19.1 Å². The summed E-state index contributed by atoms with van der Waals surface area (Å²) in [6.45, 7) is 6.29. The van der Waals surface area contributed by atoms with Crippen LogP contribution in [0.1, 0.15) is 31.7 Å². The van der Waals surface area contributed by atoms with E-state index in [0.717, 1.165) is 18.7 Å². The molecule has 2 rings (SSSR count). The molecular formula is C16H22N2O. The Hall–Kier alpha value is -1.53. The standard InChI is InChI=1S/C16H22N2O/c1-4-13(2)14-5-7-15(8-6-14)18(3)10-16(9-17)11-19-12-16/h5-8,13H,4,10-12H2,1-3H3. The van der Waals surface area contributed by atoms with E-state index in [2.05, 4.69) is 49.1 Å². The molecule has 19 heavy (non-hydrogen) atoms. The number of hydrogen-bond acceptors (Lipinski definition) is 3. The molecule has 0 saturated carbocycles. The van der Waals surface area contributed by atoms with E-state index >= 15 is 0 Å². The molecule has 1 aliphatic rings. The van der Waals surface area contributed by atoms with Gasteiger partial charge >= 0.3 is 0 Å². The molecule has 1 aliphatic heterocycles. The molecule has 3 nitrogen and oxygen atoms in total. The molecule has 0 aromatic heterocycles. The Balaban J connectivity index is 2.03. The minimum Gasteiger partial charge on any atom is -0.378 e. The monoisotopic (exact) mass is 258 g/mol. The fourth-order valence-corrected chi connectivity index (χ4v) is 2.38. The van der Waals surface area contributed by atoms with Gasteiger partial charge in [-0.2, -0.15) is 5.26 Å². The number of ether oxygens (including phenoxy) is 1. The highest BCUT2D eigenvalue weighted by molar-refractivity contribution is 5.48. The fraction of sp³-hybridized carbons (Fsp3) is 0.562. The van der Waals surface area contributed by atoms with E-state index in [-0.39, 0.29) is 5.41 Å². The third kappa shape index (κ3) is 2.90. The molecule has 0 N–H and O–H groups in total. The molecule has 0 aliphatic carbocycles. The van der Waals surface area contributed by atoms with Gasteiger partial charge in [0.15, 0.2) is 0 Å². The molecule has 0 amide bonds. The van der Waals surface area contributed by atoms with Crippen molar-refractivity contribution in [1.29, 1.82) is 5.26 Å². The summed E-state index contributed by atoms with van der Waals surface area (Å²) in [6, 6.07) is 11.1. The van der Waals surface area contributed by atoms with Crippen LogP contribution < -0.4 is 4.90 Å². The van der Waals surface area contributed by atoms with Crippen molar-refractivity contribution in [3.8, 4) is 6.07 Å². The average Bonchev–Trinajstić information content (AvgIpc) is 2.42. The lowest BCUT2D eigenvalue weighted by atomic mass is 9.87. The van der Waals surface area contributed by atoms with E-state index in [4.69, 9.17) is 4.74 Å². The predicted octanol–water partition coefficient (Wildman–Crippen LogP) is 3.18. The molecule has 0 radical (unpaired) electrons. The second kappa shape index (κ2) is 5.63. The largest absolute Gasteiger partial charge is 0.378 e. The van der Waals surface area contributed by atoms with Crippen LogP contribution in [0, 0.1) is 16.7 Å². The summed E-state index contributed by atoms with van der Waals surface area (Å²) in [5.74, 6) is 0.602. The maximum Gasteiger partial charge on any atom is 0.121 e. The Morgan fingerprint density at radius 2 is 2.00 bits per heavy atom. The van der Waals surface area contributed by atoms with Gasteiger partial charge in [0.2, 0.25) is 0 Å². The number of benzene rings is 1. The summed E-state index contributed by atoms with van der Waals surface area (Å²) in [6.07, 6.45) is 1.16. The lowest BCUT2D eigenvalue weighted by Gasteiger charge is -2.38. The Morgan fingerprint density at radius 3 is 2.42 bits per heavy atom. The lowest BCUT2D eigenvalue weighted by Crippen LogP contribution is -2.49. The van der Waals surface area contributed by atoms with Crippen molar-refractivity contribution in [1.82, 2.24) is 0 Å². The molecule has 1 fully saturated rings. The molecule has 0 spiro atoms. The van der Waals surface area contributed by atoms with Crippen molar-refractivity contribution in [2.45, 2.75) is 26.2 Å². The van der Waals surface area contributed by atoms with E-state index in [1.54, 1.807) is 0 Å². The number of hydrogen-bond donors (Lipinski definition) is 0. The molecule has 1 atom stereocenters.